The highest BCUT2D eigenvalue weighted by atomic mass is 16.7. The average molecular weight is 808 g/mol. The van der Waals surface area contributed by atoms with E-state index in [1.165, 1.54) is 30.3 Å². The number of carbonyl (C=O) groups is 7. The number of amides is 4. The number of fused-ring (bicyclic) bond motifs is 1. The van der Waals surface area contributed by atoms with Crippen LogP contribution in [-0.4, -0.2) is 103 Å². The van der Waals surface area contributed by atoms with Crippen LogP contribution in [0.5, 0.6) is 11.5 Å². The Labute approximate surface area is 334 Å². The Balaban J connectivity index is 1.41. The lowest BCUT2D eigenvalue weighted by molar-refractivity contribution is -0.171. The van der Waals surface area contributed by atoms with Gasteiger partial charge in [0.2, 0.25) is 12.3 Å². The largest absolute Gasteiger partial charge is 0.493 e. The van der Waals surface area contributed by atoms with Crippen LogP contribution >= 0.6 is 0 Å². The zero-order valence-electron chi connectivity index (χ0n) is 32.8. The van der Waals surface area contributed by atoms with Crippen molar-refractivity contribution in [1.29, 1.82) is 0 Å². The first-order valence-corrected chi connectivity index (χ1v) is 18.9. The number of aliphatic carboxylic acids is 2. The summed E-state index contributed by atoms with van der Waals surface area (Å²) < 4.78 is 17.0. The molecule has 0 saturated carbocycles. The van der Waals surface area contributed by atoms with E-state index < -0.39 is 60.1 Å². The lowest BCUT2D eigenvalue weighted by atomic mass is 9.90. The molecule has 2 heterocycles. The number of hydrogen-bond acceptors (Lipinski definition) is 12. The third-order valence-corrected chi connectivity index (χ3v) is 9.38. The molecular weight excluding hydrogens is 758 g/mol. The second kappa shape index (κ2) is 21.1. The van der Waals surface area contributed by atoms with Gasteiger partial charge in [0.1, 0.15) is 29.9 Å². The molecule has 0 spiro atoms. The van der Waals surface area contributed by atoms with E-state index >= 15 is 0 Å². The topological polar surface area (TPSA) is 243 Å². The number of furan rings is 1. The van der Waals surface area contributed by atoms with E-state index in [4.69, 9.17) is 23.8 Å². The summed E-state index contributed by atoms with van der Waals surface area (Å²) in [7, 11) is 1.87. The van der Waals surface area contributed by atoms with Crippen molar-refractivity contribution in [3.8, 4) is 22.8 Å². The van der Waals surface area contributed by atoms with Crippen molar-refractivity contribution in [1.82, 2.24) is 21.0 Å². The standard InChI is InChI=1S/C40H49N5O13/c1-5-8-9-10-26(29(6-2)45(23-46)58-40(54)25-12-14-32-30(19-25)44(4)17-18-56-32)36(49)41-22-42-38(51)33-16-15-31(57-33)24-11-13-27(34(20-24)55-7-3)37(50)43-28(39(52)53)21-35(47)48/h11-16,19-20,23,26,28-29H,5-10,17-18,21-22H2,1-4H3,(H,41,49)(H,42,51)(H,43,50)(H,47,48)(H,52,53)/t26?,28?,29-/m1/s1. The van der Waals surface area contributed by atoms with Crippen LogP contribution in [0.1, 0.15) is 90.6 Å². The van der Waals surface area contributed by atoms with Crippen LogP contribution in [0.2, 0.25) is 0 Å². The van der Waals surface area contributed by atoms with Gasteiger partial charge < -0.3 is 49.8 Å². The fourth-order valence-corrected chi connectivity index (χ4v) is 6.34. The monoisotopic (exact) mass is 807 g/mol. The highest BCUT2D eigenvalue weighted by molar-refractivity contribution is 6.00. The molecule has 0 bridgehead atoms. The summed E-state index contributed by atoms with van der Waals surface area (Å²) in [5, 5.41) is 26.7. The highest BCUT2D eigenvalue weighted by Crippen LogP contribution is 2.32. The summed E-state index contributed by atoms with van der Waals surface area (Å²) in [6.07, 6.45) is 2.57. The van der Waals surface area contributed by atoms with Gasteiger partial charge in [-0.3, -0.25) is 24.0 Å². The fourth-order valence-electron chi connectivity index (χ4n) is 6.34. The Hall–Kier alpha value is -6.59. The van der Waals surface area contributed by atoms with Gasteiger partial charge in [0.15, 0.2) is 5.76 Å². The third kappa shape index (κ3) is 11.5. The Morgan fingerprint density at radius 2 is 1.74 bits per heavy atom. The SMILES string of the molecule is CCCCCC(C(=O)NCNC(=O)c1ccc(-c2ccc(C(=O)NC(CC(=O)O)C(=O)O)c(OCC)c2)o1)[C@@H](CC)N(C=O)OC(=O)c1ccc2c(c1)N(C)CCO2. The number of rotatable bonds is 22. The van der Waals surface area contributed by atoms with Crippen molar-refractivity contribution in [2.45, 2.75) is 71.4 Å². The molecule has 58 heavy (non-hydrogen) atoms. The molecule has 5 N–H and O–H groups in total. The first-order chi connectivity index (χ1) is 27.8. The normalized spacial score (nSPS) is 13.4. The smallest absolute Gasteiger partial charge is 0.363 e. The Morgan fingerprint density at radius 1 is 0.966 bits per heavy atom. The molecule has 0 radical (unpaired) electrons. The van der Waals surface area contributed by atoms with Gasteiger partial charge in [-0.1, -0.05) is 39.2 Å². The van der Waals surface area contributed by atoms with Crippen LogP contribution in [0.15, 0.2) is 52.9 Å². The van der Waals surface area contributed by atoms with Gasteiger partial charge >= 0.3 is 17.9 Å². The van der Waals surface area contributed by atoms with Crippen LogP contribution in [0.25, 0.3) is 11.3 Å². The predicted molar refractivity (Wildman–Crippen MR) is 207 cm³/mol. The molecule has 3 atom stereocenters. The minimum Gasteiger partial charge on any atom is -0.493 e. The zero-order chi connectivity index (χ0) is 42.4. The van der Waals surface area contributed by atoms with E-state index in [0.29, 0.717) is 49.4 Å². The molecule has 18 heteroatoms. The summed E-state index contributed by atoms with van der Waals surface area (Å²) in [5.41, 5.74) is 1.26. The Bertz CT molecular complexity index is 1960. The van der Waals surface area contributed by atoms with Crippen molar-refractivity contribution in [3.05, 3.63) is 65.4 Å². The molecule has 1 aromatic heterocycles. The molecule has 4 rings (SSSR count). The number of ether oxygens (including phenoxy) is 2. The first-order valence-electron chi connectivity index (χ1n) is 18.9. The van der Waals surface area contributed by atoms with Crippen LogP contribution in [-0.2, 0) is 24.0 Å². The summed E-state index contributed by atoms with van der Waals surface area (Å²) in [5.74, 6) is -5.68. The quantitative estimate of drug-likeness (QED) is 0.0420. The molecule has 2 unspecified atom stereocenters. The van der Waals surface area contributed by atoms with Crippen LogP contribution in [0.3, 0.4) is 0 Å². The number of anilines is 1. The molecule has 0 saturated heterocycles. The van der Waals surface area contributed by atoms with E-state index in [-0.39, 0.29) is 48.1 Å². The van der Waals surface area contributed by atoms with Crippen LogP contribution < -0.4 is 30.3 Å². The fraction of sp³-hybridized carbons (Fsp3) is 0.425. The second-order valence-corrected chi connectivity index (χ2v) is 13.4. The maximum atomic E-state index is 13.6. The van der Waals surface area contributed by atoms with Gasteiger partial charge in [0, 0.05) is 12.6 Å². The highest BCUT2D eigenvalue weighted by Gasteiger charge is 2.34. The van der Waals surface area contributed by atoms with Gasteiger partial charge in [-0.15, -0.1) is 0 Å². The number of carboxylic acid groups (broad SMARTS) is 2. The van der Waals surface area contributed by atoms with Crippen molar-refractivity contribution < 1.29 is 62.5 Å². The minimum absolute atomic E-state index is 0.0480. The molecular formula is C40H49N5O13. The van der Waals surface area contributed by atoms with E-state index in [1.54, 1.807) is 32.0 Å². The predicted octanol–water partition coefficient (Wildman–Crippen LogP) is 3.84. The zero-order valence-corrected chi connectivity index (χ0v) is 32.8. The van der Waals surface area contributed by atoms with Crippen molar-refractivity contribution in [3.63, 3.8) is 0 Å². The van der Waals surface area contributed by atoms with E-state index in [0.717, 1.165) is 17.9 Å². The number of hydroxylamine groups is 2. The number of unbranched alkanes of at least 4 members (excludes halogenated alkanes) is 2. The lowest BCUT2D eigenvalue weighted by Crippen LogP contribution is -2.49. The summed E-state index contributed by atoms with van der Waals surface area (Å²) in [6.45, 7) is 6.44. The molecule has 0 fully saturated rings. The van der Waals surface area contributed by atoms with E-state index in [9.17, 15) is 38.7 Å². The minimum atomic E-state index is -1.67. The molecule has 0 aliphatic carbocycles. The van der Waals surface area contributed by atoms with Gasteiger partial charge in [-0.2, -0.15) is 5.06 Å². The van der Waals surface area contributed by atoms with Crippen molar-refractivity contribution in [2.75, 3.05) is 38.4 Å². The van der Waals surface area contributed by atoms with Crippen molar-refractivity contribution in [2.24, 2.45) is 5.92 Å². The Morgan fingerprint density at radius 3 is 2.41 bits per heavy atom. The molecule has 1 aliphatic rings. The molecule has 2 aromatic carbocycles. The number of hydrogen-bond donors (Lipinski definition) is 5. The van der Waals surface area contributed by atoms with Gasteiger partial charge in [-0.05, 0) is 62.2 Å². The maximum Gasteiger partial charge on any atom is 0.363 e. The number of benzene rings is 2. The van der Waals surface area contributed by atoms with Crippen molar-refractivity contribution >= 4 is 47.7 Å². The second-order valence-electron chi connectivity index (χ2n) is 13.4. The number of nitrogens with one attached hydrogen (secondary N) is 3. The third-order valence-electron chi connectivity index (χ3n) is 9.38. The average Bonchev–Trinajstić information content (AvgIpc) is 3.70. The molecule has 18 nitrogen and oxygen atoms in total. The van der Waals surface area contributed by atoms with E-state index in [2.05, 4.69) is 16.0 Å². The number of nitrogens with zero attached hydrogens (tertiary/aromatic N) is 2. The molecule has 1 aliphatic heterocycles. The number of carboxylic acids is 2. The summed E-state index contributed by atoms with van der Waals surface area (Å²) in [4.78, 5) is 95.2. The Kier molecular flexibility index (Phi) is 16.0. The summed E-state index contributed by atoms with van der Waals surface area (Å²) >= 11 is 0. The van der Waals surface area contributed by atoms with E-state index in [1.807, 2.05) is 18.9 Å². The number of likely N-dealkylation sites (N-methyl/N-ethyl adjacent to an activating group) is 1. The van der Waals surface area contributed by atoms with Crippen LogP contribution in [0.4, 0.5) is 5.69 Å². The lowest BCUT2D eigenvalue weighted by Gasteiger charge is -2.32. The van der Waals surface area contributed by atoms with Crippen LogP contribution in [0, 0.1) is 5.92 Å². The maximum absolute atomic E-state index is 13.6. The number of carbonyl (C=O) groups excluding carboxylic acids is 5. The summed E-state index contributed by atoms with van der Waals surface area (Å²) in [6, 6.07) is 9.54. The molecule has 3 aromatic rings. The van der Waals surface area contributed by atoms with Gasteiger partial charge in [0.05, 0.1) is 55.0 Å². The van der Waals surface area contributed by atoms with Gasteiger partial charge in [0.25, 0.3) is 11.8 Å². The molecule has 312 valence electrons. The van der Waals surface area contributed by atoms with Gasteiger partial charge in [-0.25, -0.2) is 9.59 Å². The first kappa shape index (κ1) is 44.1. The molecule has 4 amide bonds.